The third-order valence-corrected chi connectivity index (χ3v) is 3.35. The van der Waals surface area contributed by atoms with Crippen molar-refractivity contribution in [1.82, 2.24) is 25.2 Å². The second-order valence-corrected chi connectivity index (χ2v) is 4.77. The van der Waals surface area contributed by atoms with Crippen LogP contribution in [-0.4, -0.2) is 63.2 Å². The first-order chi connectivity index (χ1) is 9.29. The number of hydrogen-bond acceptors (Lipinski definition) is 5. The minimum Gasteiger partial charge on any atom is -0.395 e. The zero-order chi connectivity index (χ0) is 13.5. The highest BCUT2D eigenvalue weighted by Crippen LogP contribution is 2.08. The minimum absolute atomic E-state index is 0.00177. The Hall–Kier alpha value is -1.47. The van der Waals surface area contributed by atoms with E-state index in [0.29, 0.717) is 32.1 Å². The number of carbonyl (C=O) groups is 1. The molecule has 1 aliphatic rings. The summed E-state index contributed by atoms with van der Waals surface area (Å²) in [5.74, 6) is 0.0539. The molecule has 2 N–H and O–H groups in total. The molecule has 1 aromatic rings. The van der Waals surface area contributed by atoms with Crippen LogP contribution in [0.2, 0.25) is 0 Å². The molecule has 1 aromatic heterocycles. The zero-order valence-electron chi connectivity index (χ0n) is 11.0. The highest BCUT2D eigenvalue weighted by atomic mass is 16.3. The number of nitrogens with one attached hydrogen (secondary N) is 1. The van der Waals surface area contributed by atoms with Crippen molar-refractivity contribution in [2.45, 2.75) is 31.8 Å². The summed E-state index contributed by atoms with van der Waals surface area (Å²) in [6, 6.07) is 0.363. The van der Waals surface area contributed by atoms with Gasteiger partial charge in [0.15, 0.2) is 0 Å². The minimum atomic E-state index is 0.00177. The maximum Gasteiger partial charge on any atom is 0.224 e. The fourth-order valence-corrected chi connectivity index (χ4v) is 2.34. The van der Waals surface area contributed by atoms with Crippen molar-refractivity contribution >= 4 is 5.91 Å². The summed E-state index contributed by atoms with van der Waals surface area (Å²) < 4.78 is 1.64. The van der Waals surface area contributed by atoms with Gasteiger partial charge in [0.25, 0.3) is 0 Å². The summed E-state index contributed by atoms with van der Waals surface area (Å²) in [7, 11) is 0. The largest absolute Gasteiger partial charge is 0.395 e. The van der Waals surface area contributed by atoms with Gasteiger partial charge in [-0.15, -0.1) is 5.10 Å². The van der Waals surface area contributed by atoms with Gasteiger partial charge < -0.3 is 15.3 Å². The molecule has 0 aliphatic carbocycles. The molecule has 0 saturated carbocycles. The van der Waals surface area contributed by atoms with Crippen LogP contribution in [0, 0.1) is 0 Å². The van der Waals surface area contributed by atoms with E-state index in [9.17, 15) is 4.79 Å². The Labute approximate surface area is 112 Å². The van der Waals surface area contributed by atoms with Crippen LogP contribution in [0.1, 0.15) is 19.3 Å². The van der Waals surface area contributed by atoms with Crippen molar-refractivity contribution in [1.29, 1.82) is 0 Å². The summed E-state index contributed by atoms with van der Waals surface area (Å²) in [4.78, 5) is 13.9. The molecular formula is C12H21N5O2. The Balaban J connectivity index is 1.80. The Morgan fingerprint density at radius 1 is 1.58 bits per heavy atom. The number of amides is 1. The second-order valence-electron chi connectivity index (χ2n) is 4.77. The lowest BCUT2D eigenvalue weighted by Gasteiger charge is -2.25. The van der Waals surface area contributed by atoms with E-state index >= 15 is 0 Å². The van der Waals surface area contributed by atoms with E-state index < -0.39 is 0 Å². The van der Waals surface area contributed by atoms with E-state index in [0.717, 1.165) is 19.4 Å². The lowest BCUT2D eigenvalue weighted by atomic mass is 10.2. The highest BCUT2D eigenvalue weighted by molar-refractivity contribution is 5.76. The number of aliphatic hydroxyl groups excluding tert-OH is 1. The summed E-state index contributed by atoms with van der Waals surface area (Å²) in [5.41, 5.74) is 0. The Morgan fingerprint density at radius 2 is 2.47 bits per heavy atom. The van der Waals surface area contributed by atoms with Crippen LogP contribution < -0.4 is 5.32 Å². The van der Waals surface area contributed by atoms with Gasteiger partial charge in [-0.25, -0.2) is 0 Å². The molecule has 1 saturated heterocycles. The molecule has 0 radical (unpaired) electrons. The lowest BCUT2D eigenvalue weighted by Crippen LogP contribution is -2.42. The van der Waals surface area contributed by atoms with E-state index in [1.54, 1.807) is 22.0 Å². The van der Waals surface area contributed by atoms with Gasteiger partial charge in [-0.3, -0.25) is 9.48 Å². The van der Waals surface area contributed by atoms with Crippen LogP contribution in [0.15, 0.2) is 12.4 Å². The van der Waals surface area contributed by atoms with Gasteiger partial charge in [-0.1, -0.05) is 5.21 Å². The summed E-state index contributed by atoms with van der Waals surface area (Å²) in [5, 5.41) is 20.0. The predicted molar refractivity (Wildman–Crippen MR) is 69.3 cm³/mol. The number of nitrogens with zero attached hydrogens (tertiary/aromatic N) is 4. The second kappa shape index (κ2) is 7.20. The standard InChI is InChI=1S/C12H21N5O2/c18-9-8-16(10-11-2-1-4-13-11)12(19)3-6-17-7-5-14-15-17/h5,7,11,13,18H,1-4,6,8-10H2. The Morgan fingerprint density at radius 3 is 3.11 bits per heavy atom. The van der Waals surface area contributed by atoms with Crippen LogP contribution >= 0.6 is 0 Å². The van der Waals surface area contributed by atoms with Crippen molar-refractivity contribution in [2.75, 3.05) is 26.2 Å². The predicted octanol–water partition coefficient (Wildman–Crippen LogP) is -0.759. The first kappa shape index (κ1) is 14.0. The Bertz CT molecular complexity index is 375. The first-order valence-corrected chi connectivity index (χ1v) is 6.75. The summed E-state index contributed by atoms with van der Waals surface area (Å²) in [6.45, 7) is 2.62. The van der Waals surface area contributed by atoms with E-state index in [1.165, 1.54) is 0 Å². The van der Waals surface area contributed by atoms with Crippen molar-refractivity contribution in [3.05, 3.63) is 12.4 Å². The maximum atomic E-state index is 12.1. The van der Waals surface area contributed by atoms with Gasteiger partial charge in [-0.2, -0.15) is 0 Å². The lowest BCUT2D eigenvalue weighted by molar-refractivity contribution is -0.132. The van der Waals surface area contributed by atoms with Crippen LogP contribution in [0.5, 0.6) is 0 Å². The van der Waals surface area contributed by atoms with Crippen LogP contribution in [0.4, 0.5) is 0 Å². The van der Waals surface area contributed by atoms with E-state index in [2.05, 4.69) is 15.6 Å². The third-order valence-electron chi connectivity index (χ3n) is 3.35. The maximum absolute atomic E-state index is 12.1. The topological polar surface area (TPSA) is 83.3 Å². The van der Waals surface area contributed by atoms with E-state index in [4.69, 9.17) is 5.11 Å². The molecule has 1 amide bonds. The molecular weight excluding hydrogens is 246 g/mol. The van der Waals surface area contributed by atoms with E-state index in [1.807, 2.05) is 0 Å². The number of aryl methyl sites for hydroxylation is 1. The smallest absolute Gasteiger partial charge is 0.224 e. The van der Waals surface area contributed by atoms with Gasteiger partial charge in [-0.05, 0) is 19.4 Å². The SMILES string of the molecule is O=C(CCn1ccnn1)N(CCO)CC1CCCN1. The normalized spacial score (nSPS) is 18.7. The average Bonchev–Trinajstić information content (AvgIpc) is 3.08. The quantitative estimate of drug-likeness (QED) is 0.678. The number of hydrogen-bond donors (Lipinski definition) is 2. The van der Waals surface area contributed by atoms with Crippen LogP contribution in [0.25, 0.3) is 0 Å². The fraction of sp³-hybridized carbons (Fsp3) is 0.750. The molecule has 7 nitrogen and oxygen atoms in total. The van der Waals surface area contributed by atoms with Crippen LogP contribution in [-0.2, 0) is 11.3 Å². The highest BCUT2D eigenvalue weighted by Gasteiger charge is 2.20. The molecule has 1 unspecified atom stereocenters. The molecule has 1 fully saturated rings. The van der Waals surface area contributed by atoms with Crippen molar-refractivity contribution in [2.24, 2.45) is 0 Å². The van der Waals surface area contributed by atoms with Gasteiger partial charge in [0.2, 0.25) is 5.91 Å². The molecule has 2 rings (SSSR count). The molecule has 7 heteroatoms. The molecule has 0 spiro atoms. The van der Waals surface area contributed by atoms with E-state index in [-0.39, 0.29) is 12.5 Å². The Kier molecular flexibility index (Phi) is 5.29. The van der Waals surface area contributed by atoms with Gasteiger partial charge in [0.05, 0.1) is 19.3 Å². The molecule has 1 atom stereocenters. The van der Waals surface area contributed by atoms with Gasteiger partial charge in [0.1, 0.15) is 0 Å². The number of aliphatic hydroxyl groups is 1. The number of aromatic nitrogens is 3. The van der Waals surface area contributed by atoms with Crippen molar-refractivity contribution < 1.29 is 9.90 Å². The zero-order valence-corrected chi connectivity index (χ0v) is 11.0. The monoisotopic (exact) mass is 267 g/mol. The molecule has 19 heavy (non-hydrogen) atoms. The fourth-order valence-electron chi connectivity index (χ4n) is 2.34. The van der Waals surface area contributed by atoms with Gasteiger partial charge in [0, 0.05) is 31.7 Å². The number of rotatable bonds is 7. The molecule has 2 heterocycles. The molecule has 0 aromatic carbocycles. The third kappa shape index (κ3) is 4.29. The molecule has 1 aliphatic heterocycles. The molecule has 0 bridgehead atoms. The average molecular weight is 267 g/mol. The number of carbonyl (C=O) groups excluding carboxylic acids is 1. The summed E-state index contributed by atoms with van der Waals surface area (Å²) >= 11 is 0. The van der Waals surface area contributed by atoms with Gasteiger partial charge >= 0.3 is 0 Å². The van der Waals surface area contributed by atoms with Crippen LogP contribution in [0.3, 0.4) is 0 Å². The summed E-state index contributed by atoms with van der Waals surface area (Å²) in [6.07, 6.45) is 5.97. The first-order valence-electron chi connectivity index (χ1n) is 6.75. The molecule has 106 valence electrons. The van der Waals surface area contributed by atoms with Crippen molar-refractivity contribution in [3.8, 4) is 0 Å². The van der Waals surface area contributed by atoms with Crippen molar-refractivity contribution in [3.63, 3.8) is 0 Å².